The molecule has 1 saturated heterocycles. The molecule has 140 valence electrons. The number of aryl methyl sites for hydroxylation is 2. The predicted molar refractivity (Wildman–Crippen MR) is 101 cm³/mol. The molecule has 0 bridgehead atoms. The molecule has 3 aromatic heterocycles. The number of thiazole rings is 1. The van der Waals surface area contributed by atoms with E-state index in [1.54, 1.807) is 11.0 Å². The van der Waals surface area contributed by atoms with Crippen molar-refractivity contribution in [3.8, 4) is 11.5 Å². The van der Waals surface area contributed by atoms with Crippen LogP contribution in [-0.4, -0.2) is 54.1 Å². The van der Waals surface area contributed by atoms with Crippen molar-refractivity contribution in [3.05, 3.63) is 40.0 Å². The number of nitrogens with zero attached hydrogens (tertiary/aromatic N) is 7. The molecule has 0 radical (unpaired) electrons. The third-order valence-corrected chi connectivity index (χ3v) is 5.73. The first-order chi connectivity index (χ1) is 13.1. The Morgan fingerprint density at radius 3 is 2.96 bits per heavy atom. The summed E-state index contributed by atoms with van der Waals surface area (Å²) in [5.41, 5.74) is 1.53. The lowest BCUT2D eigenvalue weighted by molar-refractivity contribution is 0.0660. The number of tetrazole rings is 1. The van der Waals surface area contributed by atoms with E-state index in [2.05, 4.69) is 25.4 Å². The highest BCUT2D eigenvalue weighted by atomic mass is 32.1. The summed E-state index contributed by atoms with van der Waals surface area (Å²) in [4.78, 5) is 25.8. The second-order valence-electron chi connectivity index (χ2n) is 6.79. The summed E-state index contributed by atoms with van der Waals surface area (Å²) in [5.74, 6) is 0.918. The summed E-state index contributed by atoms with van der Waals surface area (Å²) in [7, 11) is 0. The van der Waals surface area contributed by atoms with Gasteiger partial charge in [-0.1, -0.05) is 6.07 Å². The zero-order valence-corrected chi connectivity index (χ0v) is 16.2. The van der Waals surface area contributed by atoms with Crippen LogP contribution < -0.4 is 0 Å². The van der Waals surface area contributed by atoms with Crippen molar-refractivity contribution in [2.45, 2.75) is 33.2 Å². The molecule has 0 unspecified atom stereocenters. The Bertz CT molecular complexity index is 936. The zero-order chi connectivity index (χ0) is 18.8. The lowest BCUT2D eigenvalue weighted by atomic mass is 9.98. The number of pyridine rings is 1. The largest absolute Gasteiger partial charge is 0.338 e. The van der Waals surface area contributed by atoms with Gasteiger partial charge in [0.2, 0.25) is 5.82 Å². The first-order valence-electron chi connectivity index (χ1n) is 9.02. The van der Waals surface area contributed by atoms with Crippen molar-refractivity contribution in [1.29, 1.82) is 0 Å². The molecule has 9 heteroatoms. The van der Waals surface area contributed by atoms with Gasteiger partial charge in [0.15, 0.2) is 0 Å². The average Bonchev–Trinajstić information content (AvgIpc) is 3.28. The lowest BCUT2D eigenvalue weighted by Gasteiger charge is -2.32. The number of hydrogen-bond acceptors (Lipinski definition) is 7. The molecule has 1 aliphatic rings. The normalized spacial score (nSPS) is 17.3. The van der Waals surface area contributed by atoms with Gasteiger partial charge in [0, 0.05) is 19.3 Å². The van der Waals surface area contributed by atoms with Crippen molar-refractivity contribution >= 4 is 17.2 Å². The van der Waals surface area contributed by atoms with E-state index >= 15 is 0 Å². The number of piperidine rings is 1. The minimum atomic E-state index is 0.0866. The van der Waals surface area contributed by atoms with Crippen LogP contribution in [0.5, 0.6) is 0 Å². The standard InChI is InChI=1S/C18H21N7OS/c1-12-16(27-13(2)20-12)18(26)24-9-5-6-14(10-24)11-25-22-17(21-23-25)15-7-3-4-8-19-15/h3-4,7-8,14H,5-6,9-11H2,1-2H3/t14-/m1/s1. The minimum absolute atomic E-state index is 0.0866. The second-order valence-corrected chi connectivity index (χ2v) is 7.99. The number of aromatic nitrogens is 6. The summed E-state index contributed by atoms with van der Waals surface area (Å²) in [6, 6.07) is 5.62. The van der Waals surface area contributed by atoms with E-state index < -0.39 is 0 Å². The van der Waals surface area contributed by atoms with Crippen molar-refractivity contribution in [1.82, 2.24) is 35.1 Å². The van der Waals surface area contributed by atoms with Gasteiger partial charge in [0.25, 0.3) is 5.91 Å². The Kier molecular flexibility index (Phi) is 4.93. The van der Waals surface area contributed by atoms with Crippen LogP contribution in [0.15, 0.2) is 24.4 Å². The number of carbonyl (C=O) groups excluding carboxylic acids is 1. The Morgan fingerprint density at radius 1 is 1.33 bits per heavy atom. The van der Waals surface area contributed by atoms with E-state index in [9.17, 15) is 4.79 Å². The highest BCUT2D eigenvalue weighted by Crippen LogP contribution is 2.24. The molecule has 0 aromatic carbocycles. The summed E-state index contributed by atoms with van der Waals surface area (Å²) in [6.07, 6.45) is 3.74. The van der Waals surface area contributed by atoms with Crippen molar-refractivity contribution in [3.63, 3.8) is 0 Å². The molecule has 4 rings (SSSR count). The average molecular weight is 383 g/mol. The predicted octanol–water partition coefficient (Wildman–Crippen LogP) is 2.36. The fourth-order valence-corrected chi connectivity index (χ4v) is 4.31. The maximum Gasteiger partial charge on any atom is 0.265 e. The van der Waals surface area contributed by atoms with E-state index in [0.29, 0.717) is 30.5 Å². The third-order valence-electron chi connectivity index (χ3n) is 4.67. The molecule has 8 nitrogen and oxygen atoms in total. The van der Waals surface area contributed by atoms with E-state index in [4.69, 9.17) is 0 Å². The maximum atomic E-state index is 12.9. The molecular formula is C18H21N7OS. The molecule has 0 N–H and O–H groups in total. The SMILES string of the molecule is Cc1nc(C)c(C(=O)N2CCC[C@@H](Cn3nnc(-c4ccccn4)n3)C2)s1. The number of amides is 1. The highest BCUT2D eigenvalue weighted by Gasteiger charge is 2.27. The van der Waals surface area contributed by atoms with Crippen LogP contribution in [0.1, 0.15) is 33.2 Å². The van der Waals surface area contributed by atoms with Gasteiger partial charge in [-0.05, 0) is 50.0 Å². The summed E-state index contributed by atoms with van der Waals surface area (Å²) >= 11 is 1.47. The molecular weight excluding hydrogens is 362 g/mol. The van der Waals surface area contributed by atoms with Gasteiger partial charge in [-0.3, -0.25) is 9.78 Å². The highest BCUT2D eigenvalue weighted by molar-refractivity contribution is 7.13. The summed E-state index contributed by atoms with van der Waals surface area (Å²) < 4.78 is 0. The topological polar surface area (TPSA) is 89.7 Å². The Morgan fingerprint density at radius 2 is 2.22 bits per heavy atom. The van der Waals surface area contributed by atoms with Crippen molar-refractivity contribution in [2.24, 2.45) is 5.92 Å². The van der Waals surface area contributed by atoms with Gasteiger partial charge in [-0.15, -0.1) is 21.5 Å². The fraction of sp³-hybridized carbons (Fsp3) is 0.444. The van der Waals surface area contributed by atoms with Gasteiger partial charge in [-0.25, -0.2) is 4.98 Å². The van der Waals surface area contributed by atoms with Gasteiger partial charge in [0.05, 0.1) is 17.2 Å². The Labute approximate surface area is 161 Å². The molecule has 3 aromatic rings. The van der Waals surface area contributed by atoms with E-state index in [1.165, 1.54) is 11.3 Å². The van der Waals surface area contributed by atoms with Crippen LogP contribution in [0.25, 0.3) is 11.5 Å². The molecule has 0 spiro atoms. The fourth-order valence-electron chi connectivity index (χ4n) is 3.42. The number of likely N-dealkylation sites (tertiary alicyclic amines) is 1. The molecule has 1 aliphatic heterocycles. The van der Waals surface area contributed by atoms with E-state index in [-0.39, 0.29) is 5.91 Å². The molecule has 4 heterocycles. The van der Waals surface area contributed by atoms with Crippen LogP contribution in [0, 0.1) is 19.8 Å². The molecule has 1 fully saturated rings. The van der Waals surface area contributed by atoms with E-state index in [0.717, 1.165) is 35.0 Å². The van der Waals surface area contributed by atoms with Gasteiger partial charge in [-0.2, -0.15) is 4.80 Å². The van der Waals surface area contributed by atoms with Crippen molar-refractivity contribution in [2.75, 3.05) is 13.1 Å². The van der Waals surface area contributed by atoms with Crippen molar-refractivity contribution < 1.29 is 4.79 Å². The van der Waals surface area contributed by atoms with Crippen LogP contribution >= 0.6 is 11.3 Å². The Hall–Kier alpha value is -2.68. The van der Waals surface area contributed by atoms with Crippen LogP contribution in [0.2, 0.25) is 0 Å². The molecule has 0 saturated carbocycles. The van der Waals surface area contributed by atoms with Gasteiger partial charge in [0.1, 0.15) is 10.6 Å². The van der Waals surface area contributed by atoms with Gasteiger partial charge >= 0.3 is 0 Å². The van der Waals surface area contributed by atoms with Gasteiger partial charge < -0.3 is 4.90 Å². The van der Waals surface area contributed by atoms with E-state index in [1.807, 2.05) is 36.9 Å². The first-order valence-corrected chi connectivity index (χ1v) is 9.84. The maximum absolute atomic E-state index is 12.9. The van der Waals surface area contributed by atoms with Crippen LogP contribution in [-0.2, 0) is 6.54 Å². The molecule has 27 heavy (non-hydrogen) atoms. The quantitative estimate of drug-likeness (QED) is 0.687. The van der Waals surface area contributed by atoms with Crippen LogP contribution in [0.4, 0.5) is 0 Å². The number of hydrogen-bond donors (Lipinski definition) is 0. The second kappa shape index (κ2) is 7.51. The first kappa shape index (κ1) is 17.7. The third kappa shape index (κ3) is 3.87. The molecule has 1 amide bonds. The number of carbonyl (C=O) groups is 1. The summed E-state index contributed by atoms with van der Waals surface area (Å²) in [6.45, 7) is 5.97. The van der Waals surface area contributed by atoms with Crippen LogP contribution in [0.3, 0.4) is 0 Å². The number of rotatable bonds is 4. The summed E-state index contributed by atoms with van der Waals surface area (Å²) in [5, 5.41) is 13.6. The Balaban J connectivity index is 1.42. The lowest BCUT2D eigenvalue weighted by Crippen LogP contribution is -2.41. The smallest absolute Gasteiger partial charge is 0.265 e. The molecule has 1 atom stereocenters. The minimum Gasteiger partial charge on any atom is -0.338 e. The molecule has 0 aliphatic carbocycles. The monoisotopic (exact) mass is 383 g/mol. The zero-order valence-electron chi connectivity index (χ0n) is 15.4.